The topological polar surface area (TPSA) is 50.8 Å². The summed E-state index contributed by atoms with van der Waals surface area (Å²) < 4.78 is 19.0. The number of hydrogen-bond donors (Lipinski definition) is 1. The van der Waals surface area contributed by atoms with Crippen molar-refractivity contribution in [1.29, 1.82) is 0 Å². The van der Waals surface area contributed by atoms with Crippen LogP contribution in [0.3, 0.4) is 0 Å². The molecule has 2 aromatic heterocycles. The molecule has 0 aliphatic rings. The highest BCUT2D eigenvalue weighted by Crippen LogP contribution is 2.30. The zero-order chi connectivity index (χ0) is 12.5. The summed E-state index contributed by atoms with van der Waals surface area (Å²) in [7, 11) is 1.51. The summed E-state index contributed by atoms with van der Waals surface area (Å²) in [5, 5.41) is 0.793. The number of benzene rings is 1. The second-order valence-corrected chi connectivity index (χ2v) is 3.83. The molecular formula is C13H10FN3O. The van der Waals surface area contributed by atoms with Crippen molar-refractivity contribution in [3.63, 3.8) is 0 Å². The molecule has 3 rings (SSSR count). The third kappa shape index (κ3) is 1.60. The first kappa shape index (κ1) is 10.7. The molecule has 1 aromatic carbocycles. The Kier molecular flexibility index (Phi) is 2.44. The number of fused-ring (bicyclic) bond motifs is 1. The molecule has 0 amide bonds. The van der Waals surface area contributed by atoms with E-state index >= 15 is 0 Å². The van der Waals surface area contributed by atoms with Crippen molar-refractivity contribution in [1.82, 2.24) is 15.0 Å². The smallest absolute Gasteiger partial charge is 0.141 e. The van der Waals surface area contributed by atoms with E-state index in [0.717, 1.165) is 10.9 Å². The number of nitrogens with one attached hydrogen (secondary N) is 1. The molecule has 0 radical (unpaired) electrons. The molecule has 18 heavy (non-hydrogen) atoms. The molecule has 0 unspecified atom stereocenters. The van der Waals surface area contributed by atoms with Crippen molar-refractivity contribution in [3.05, 3.63) is 42.7 Å². The van der Waals surface area contributed by atoms with Gasteiger partial charge in [0.1, 0.15) is 23.5 Å². The Hall–Kier alpha value is -2.43. The SMILES string of the molecule is COc1ccc(-c2c[nH]c3ncncc23)c(F)c1. The highest BCUT2D eigenvalue weighted by atomic mass is 19.1. The third-order valence-corrected chi connectivity index (χ3v) is 2.82. The van der Waals surface area contributed by atoms with Crippen LogP contribution in [-0.2, 0) is 0 Å². The molecule has 0 fully saturated rings. The number of nitrogens with zero attached hydrogens (tertiary/aromatic N) is 2. The van der Waals surface area contributed by atoms with Crippen molar-refractivity contribution < 1.29 is 9.13 Å². The second kappa shape index (κ2) is 4.10. The fourth-order valence-electron chi connectivity index (χ4n) is 1.92. The molecule has 0 bridgehead atoms. The Morgan fingerprint density at radius 2 is 2.17 bits per heavy atom. The van der Waals surface area contributed by atoms with Crippen LogP contribution in [0.1, 0.15) is 0 Å². The summed E-state index contributed by atoms with van der Waals surface area (Å²) in [4.78, 5) is 11.0. The minimum atomic E-state index is -0.334. The summed E-state index contributed by atoms with van der Waals surface area (Å²) in [6, 6.07) is 4.77. The van der Waals surface area contributed by atoms with Gasteiger partial charge >= 0.3 is 0 Å². The molecule has 0 spiro atoms. The van der Waals surface area contributed by atoms with Crippen LogP contribution < -0.4 is 4.74 Å². The second-order valence-electron chi connectivity index (χ2n) is 3.83. The maximum atomic E-state index is 14.0. The summed E-state index contributed by atoms with van der Waals surface area (Å²) >= 11 is 0. The van der Waals surface area contributed by atoms with Crippen molar-refractivity contribution in [2.45, 2.75) is 0 Å². The molecule has 3 aromatic rings. The van der Waals surface area contributed by atoms with Gasteiger partial charge < -0.3 is 9.72 Å². The maximum absolute atomic E-state index is 14.0. The lowest BCUT2D eigenvalue weighted by Crippen LogP contribution is -1.87. The van der Waals surface area contributed by atoms with E-state index < -0.39 is 0 Å². The zero-order valence-electron chi connectivity index (χ0n) is 9.64. The predicted octanol–water partition coefficient (Wildman–Crippen LogP) is 2.77. The zero-order valence-corrected chi connectivity index (χ0v) is 9.64. The van der Waals surface area contributed by atoms with E-state index in [4.69, 9.17) is 4.74 Å². The van der Waals surface area contributed by atoms with E-state index in [1.54, 1.807) is 24.5 Å². The number of methoxy groups -OCH3 is 1. The number of ether oxygens (including phenoxy) is 1. The molecule has 4 nitrogen and oxygen atoms in total. The first-order valence-corrected chi connectivity index (χ1v) is 5.40. The van der Waals surface area contributed by atoms with E-state index in [9.17, 15) is 4.39 Å². The average molecular weight is 243 g/mol. The van der Waals surface area contributed by atoms with E-state index in [2.05, 4.69) is 15.0 Å². The number of rotatable bonds is 2. The normalized spacial score (nSPS) is 10.8. The number of aromatic nitrogens is 3. The quantitative estimate of drug-likeness (QED) is 0.753. The number of aromatic amines is 1. The van der Waals surface area contributed by atoms with Crippen molar-refractivity contribution in [3.8, 4) is 16.9 Å². The third-order valence-electron chi connectivity index (χ3n) is 2.82. The van der Waals surface area contributed by atoms with Gasteiger partial charge in [0.05, 0.1) is 7.11 Å². The number of halogens is 1. The summed E-state index contributed by atoms with van der Waals surface area (Å²) in [6.07, 6.45) is 4.84. The maximum Gasteiger partial charge on any atom is 0.141 e. The molecule has 0 saturated carbocycles. The average Bonchev–Trinajstić information content (AvgIpc) is 2.82. The first-order valence-electron chi connectivity index (χ1n) is 5.40. The van der Waals surface area contributed by atoms with Gasteiger partial charge in [-0.15, -0.1) is 0 Å². The number of hydrogen-bond acceptors (Lipinski definition) is 3. The van der Waals surface area contributed by atoms with Crippen molar-refractivity contribution in [2.24, 2.45) is 0 Å². The Balaban J connectivity index is 2.20. The van der Waals surface area contributed by atoms with E-state index in [-0.39, 0.29) is 5.82 Å². The van der Waals surface area contributed by atoms with Gasteiger partial charge in [0.2, 0.25) is 0 Å². The van der Waals surface area contributed by atoms with Gasteiger partial charge in [-0.25, -0.2) is 14.4 Å². The first-order chi connectivity index (χ1) is 8.79. The highest BCUT2D eigenvalue weighted by Gasteiger charge is 2.11. The van der Waals surface area contributed by atoms with Crippen LogP contribution in [0.25, 0.3) is 22.2 Å². The van der Waals surface area contributed by atoms with Crippen molar-refractivity contribution >= 4 is 11.0 Å². The molecule has 2 heterocycles. The van der Waals surface area contributed by atoms with Crippen LogP contribution in [0.4, 0.5) is 4.39 Å². The Morgan fingerprint density at radius 3 is 2.94 bits per heavy atom. The van der Waals surface area contributed by atoms with Gasteiger partial charge in [-0.05, 0) is 12.1 Å². The van der Waals surface area contributed by atoms with E-state index in [1.807, 2.05) is 0 Å². The lowest BCUT2D eigenvalue weighted by Gasteiger charge is -2.04. The molecule has 0 aliphatic carbocycles. The fourth-order valence-corrected chi connectivity index (χ4v) is 1.92. The van der Waals surface area contributed by atoms with Gasteiger partial charge in [0, 0.05) is 35.0 Å². The molecule has 90 valence electrons. The minimum Gasteiger partial charge on any atom is -0.497 e. The van der Waals surface area contributed by atoms with Crippen LogP contribution in [0.2, 0.25) is 0 Å². The molecular weight excluding hydrogens is 233 g/mol. The highest BCUT2D eigenvalue weighted by molar-refractivity contribution is 5.93. The monoisotopic (exact) mass is 243 g/mol. The summed E-state index contributed by atoms with van der Waals surface area (Å²) in [5.74, 6) is 0.159. The molecule has 0 aliphatic heterocycles. The summed E-state index contributed by atoms with van der Waals surface area (Å²) in [6.45, 7) is 0. The Morgan fingerprint density at radius 1 is 1.28 bits per heavy atom. The minimum absolute atomic E-state index is 0.334. The Bertz CT molecular complexity index is 708. The van der Waals surface area contributed by atoms with Crippen LogP contribution in [0.15, 0.2) is 36.9 Å². The Labute approximate surface area is 102 Å². The molecule has 5 heteroatoms. The van der Waals surface area contributed by atoms with Gasteiger partial charge in [-0.3, -0.25) is 0 Å². The molecule has 0 saturated heterocycles. The van der Waals surface area contributed by atoms with E-state index in [1.165, 1.54) is 19.5 Å². The van der Waals surface area contributed by atoms with Crippen LogP contribution >= 0.6 is 0 Å². The molecule has 0 atom stereocenters. The van der Waals surface area contributed by atoms with Crippen molar-refractivity contribution in [2.75, 3.05) is 7.11 Å². The fraction of sp³-hybridized carbons (Fsp3) is 0.0769. The largest absolute Gasteiger partial charge is 0.497 e. The van der Waals surface area contributed by atoms with Crippen LogP contribution in [0.5, 0.6) is 5.75 Å². The standard InChI is InChI=1S/C13H10FN3O/c1-18-8-2-3-9(12(14)4-8)10-6-16-13-11(10)5-15-7-17-13/h2-7H,1H3,(H,15,16,17). The van der Waals surface area contributed by atoms with Gasteiger partial charge in [0.15, 0.2) is 0 Å². The lowest BCUT2D eigenvalue weighted by molar-refractivity contribution is 0.411. The van der Waals surface area contributed by atoms with Gasteiger partial charge in [-0.1, -0.05) is 0 Å². The number of H-pyrrole nitrogens is 1. The van der Waals surface area contributed by atoms with E-state index in [0.29, 0.717) is 17.0 Å². The van der Waals surface area contributed by atoms with Gasteiger partial charge in [-0.2, -0.15) is 0 Å². The predicted molar refractivity (Wildman–Crippen MR) is 65.8 cm³/mol. The van der Waals surface area contributed by atoms with Gasteiger partial charge in [0.25, 0.3) is 0 Å². The summed E-state index contributed by atoms with van der Waals surface area (Å²) in [5.41, 5.74) is 1.93. The molecule has 1 N–H and O–H groups in total. The van der Waals surface area contributed by atoms with Crippen LogP contribution in [0, 0.1) is 5.82 Å². The lowest BCUT2D eigenvalue weighted by atomic mass is 10.1. The van der Waals surface area contributed by atoms with Crippen LogP contribution in [-0.4, -0.2) is 22.1 Å².